The Kier molecular flexibility index (Phi) is 4.92. The minimum absolute atomic E-state index is 0.166. The molecule has 3 rings (SSSR count). The lowest BCUT2D eigenvalue weighted by atomic mass is 9.95. The highest BCUT2D eigenvalue weighted by molar-refractivity contribution is 6.14. The van der Waals surface area contributed by atoms with Gasteiger partial charge in [0.2, 0.25) is 0 Å². The number of ketones is 1. The Balaban J connectivity index is 2.03. The average Bonchev–Trinajstić information content (AvgIpc) is 3.42. The molecule has 0 heterocycles. The van der Waals surface area contributed by atoms with Crippen molar-refractivity contribution in [2.45, 2.75) is 0 Å². The van der Waals surface area contributed by atoms with Crippen LogP contribution in [-0.2, 0) is 19.1 Å². The smallest absolute Gasteiger partial charge is 0.329 e. The number of hydrogen-bond acceptors (Lipinski definition) is 7. The van der Waals surface area contributed by atoms with Gasteiger partial charge in [0.25, 0.3) is 0 Å². The van der Waals surface area contributed by atoms with Crippen LogP contribution in [0.25, 0.3) is 11.1 Å². The summed E-state index contributed by atoms with van der Waals surface area (Å²) in [5, 5.41) is 19.3. The van der Waals surface area contributed by atoms with Crippen LogP contribution in [0.2, 0.25) is 0 Å². The second-order valence-corrected chi connectivity index (χ2v) is 6.56. The van der Waals surface area contributed by atoms with Crippen LogP contribution >= 0.6 is 0 Å². The van der Waals surface area contributed by atoms with Crippen LogP contribution in [0.5, 0.6) is 0 Å². The van der Waals surface area contributed by atoms with Gasteiger partial charge in [-0.05, 0) is 11.1 Å². The Hall–Kier alpha value is -3.97. The van der Waals surface area contributed by atoms with Crippen molar-refractivity contribution in [1.82, 2.24) is 0 Å². The predicted octanol–water partition coefficient (Wildman–Crippen LogP) is 2.53. The van der Waals surface area contributed by atoms with Gasteiger partial charge in [-0.2, -0.15) is 10.5 Å². The molecule has 1 aliphatic rings. The third kappa shape index (κ3) is 2.60. The zero-order valence-corrected chi connectivity index (χ0v) is 15.7. The molecule has 3 atom stereocenters. The van der Waals surface area contributed by atoms with Crippen molar-refractivity contribution in [1.29, 1.82) is 10.5 Å². The van der Waals surface area contributed by atoms with Crippen molar-refractivity contribution < 1.29 is 23.9 Å². The number of nitriles is 2. The van der Waals surface area contributed by atoms with Crippen LogP contribution in [0.1, 0.15) is 10.4 Å². The summed E-state index contributed by atoms with van der Waals surface area (Å²) in [7, 11) is 2.05. The van der Waals surface area contributed by atoms with Gasteiger partial charge in [0.05, 0.1) is 32.3 Å². The molecule has 0 spiro atoms. The molecule has 2 aromatic rings. The number of nitrogens with zero attached hydrogens (tertiary/aromatic N) is 2. The second kappa shape index (κ2) is 7.21. The summed E-state index contributed by atoms with van der Waals surface area (Å²) in [4.78, 5) is 37.8. The normalized spacial score (nSPS) is 24.5. The number of carbonyl (C=O) groups is 3. The first-order valence-corrected chi connectivity index (χ1v) is 8.63. The Bertz CT molecular complexity index is 1030. The van der Waals surface area contributed by atoms with Gasteiger partial charge in [-0.3, -0.25) is 14.4 Å². The molecule has 0 bridgehead atoms. The molecule has 1 saturated carbocycles. The van der Waals surface area contributed by atoms with Gasteiger partial charge in [-0.25, -0.2) is 0 Å². The molecule has 0 amide bonds. The maximum atomic E-state index is 13.1. The Labute approximate surface area is 167 Å². The molecule has 7 heteroatoms. The zero-order valence-electron chi connectivity index (χ0n) is 15.7. The molecule has 0 aromatic heterocycles. The molecule has 1 fully saturated rings. The topological polar surface area (TPSA) is 117 Å². The first kappa shape index (κ1) is 19.8. The van der Waals surface area contributed by atoms with Crippen LogP contribution in [-0.4, -0.2) is 31.9 Å². The molecule has 0 saturated heterocycles. The highest BCUT2D eigenvalue weighted by atomic mass is 16.5. The van der Waals surface area contributed by atoms with Gasteiger partial charge in [0, 0.05) is 5.56 Å². The van der Waals surface area contributed by atoms with Crippen molar-refractivity contribution in [3.63, 3.8) is 0 Å². The van der Waals surface area contributed by atoms with Gasteiger partial charge in [-0.15, -0.1) is 0 Å². The Morgan fingerprint density at radius 2 is 1.24 bits per heavy atom. The molecular weight excluding hydrogens is 372 g/mol. The van der Waals surface area contributed by atoms with E-state index in [-0.39, 0.29) is 5.56 Å². The highest BCUT2D eigenvalue weighted by Crippen LogP contribution is 2.70. The van der Waals surface area contributed by atoms with Crippen molar-refractivity contribution in [2.75, 3.05) is 14.2 Å². The quantitative estimate of drug-likeness (QED) is 0.570. The van der Waals surface area contributed by atoms with Crippen molar-refractivity contribution in [3.8, 4) is 23.3 Å². The Morgan fingerprint density at radius 1 is 0.793 bits per heavy atom. The molecule has 0 radical (unpaired) electrons. The van der Waals surface area contributed by atoms with E-state index < -0.39 is 34.5 Å². The van der Waals surface area contributed by atoms with E-state index in [0.29, 0.717) is 0 Å². The first-order valence-electron chi connectivity index (χ1n) is 8.63. The monoisotopic (exact) mass is 388 g/mol. The van der Waals surface area contributed by atoms with Crippen molar-refractivity contribution in [2.24, 2.45) is 16.7 Å². The lowest BCUT2D eigenvalue weighted by molar-refractivity contribution is -0.153. The maximum Gasteiger partial charge on any atom is 0.329 e. The summed E-state index contributed by atoms with van der Waals surface area (Å²) < 4.78 is 9.28. The van der Waals surface area contributed by atoms with E-state index in [1.165, 1.54) is 12.1 Å². The van der Waals surface area contributed by atoms with E-state index in [1.54, 1.807) is 24.3 Å². The standard InChI is InChI=1S/C22H16N2O5/c1-28-19(26)21(12-23)18(22(21,13-24)20(27)29-2)17(25)16-10-8-15(9-11-16)14-6-4-3-5-7-14/h3-11,18H,1-2H3/t18?,21-,22+. The van der Waals surface area contributed by atoms with E-state index in [4.69, 9.17) is 0 Å². The van der Waals surface area contributed by atoms with Gasteiger partial charge in [0.1, 0.15) is 0 Å². The van der Waals surface area contributed by atoms with Crippen LogP contribution in [0.4, 0.5) is 0 Å². The summed E-state index contributed by atoms with van der Waals surface area (Å²) in [6, 6.07) is 19.3. The van der Waals surface area contributed by atoms with E-state index in [2.05, 4.69) is 9.47 Å². The minimum atomic E-state index is -2.25. The third-order valence-corrected chi connectivity index (χ3v) is 5.31. The molecule has 2 aromatic carbocycles. The van der Waals surface area contributed by atoms with Gasteiger partial charge < -0.3 is 9.47 Å². The lowest BCUT2D eigenvalue weighted by Gasteiger charge is -2.09. The molecule has 144 valence electrons. The number of Topliss-reactive ketones (excluding diaryl/α,β-unsaturated/α-hetero) is 1. The number of hydrogen-bond donors (Lipinski definition) is 0. The second-order valence-electron chi connectivity index (χ2n) is 6.56. The fourth-order valence-electron chi connectivity index (χ4n) is 3.77. The average molecular weight is 388 g/mol. The van der Waals surface area contributed by atoms with Crippen LogP contribution < -0.4 is 0 Å². The minimum Gasteiger partial charge on any atom is -0.468 e. The van der Waals surface area contributed by atoms with Crippen LogP contribution in [0.3, 0.4) is 0 Å². The van der Waals surface area contributed by atoms with E-state index >= 15 is 0 Å². The lowest BCUT2D eigenvalue weighted by Crippen LogP contribution is -2.29. The van der Waals surface area contributed by atoms with Crippen molar-refractivity contribution in [3.05, 3.63) is 60.2 Å². The van der Waals surface area contributed by atoms with Crippen molar-refractivity contribution >= 4 is 17.7 Å². The molecule has 0 N–H and O–H groups in total. The number of esters is 2. The highest BCUT2D eigenvalue weighted by Gasteiger charge is 2.90. The number of rotatable bonds is 5. The summed E-state index contributed by atoms with van der Waals surface area (Å²) in [6.45, 7) is 0. The fraction of sp³-hybridized carbons (Fsp3) is 0.227. The van der Waals surface area contributed by atoms with Gasteiger partial charge in [-0.1, -0.05) is 54.6 Å². The van der Waals surface area contributed by atoms with Gasteiger partial charge >= 0.3 is 11.9 Å². The third-order valence-electron chi connectivity index (χ3n) is 5.31. The number of ether oxygens (including phenoxy) is 2. The zero-order chi connectivity index (χ0) is 21.2. The largest absolute Gasteiger partial charge is 0.468 e. The molecule has 1 unspecified atom stereocenters. The summed E-state index contributed by atoms with van der Waals surface area (Å²) >= 11 is 0. The molecular formula is C22H16N2O5. The first-order chi connectivity index (χ1) is 13.9. The summed E-state index contributed by atoms with van der Waals surface area (Å²) in [5.41, 5.74) is -2.53. The fourth-order valence-corrected chi connectivity index (χ4v) is 3.77. The number of benzene rings is 2. The SMILES string of the molecule is COC(=O)[C@@]1(C#N)C(C(=O)c2ccc(-c3ccccc3)cc2)[C@@]1(C#N)C(=O)OC. The number of carbonyl (C=O) groups excluding carboxylic acids is 3. The van der Waals surface area contributed by atoms with E-state index in [1.807, 2.05) is 30.3 Å². The summed E-state index contributed by atoms with van der Waals surface area (Å²) in [6.07, 6.45) is 0. The number of methoxy groups -OCH3 is 2. The van der Waals surface area contributed by atoms with E-state index in [0.717, 1.165) is 25.3 Å². The van der Waals surface area contributed by atoms with Crippen LogP contribution in [0.15, 0.2) is 54.6 Å². The maximum absolute atomic E-state index is 13.1. The Morgan fingerprint density at radius 3 is 1.66 bits per heavy atom. The summed E-state index contributed by atoms with van der Waals surface area (Å²) in [5.74, 6) is -4.44. The predicted molar refractivity (Wildman–Crippen MR) is 99.8 cm³/mol. The van der Waals surface area contributed by atoms with E-state index in [9.17, 15) is 24.9 Å². The van der Waals surface area contributed by atoms with Gasteiger partial charge in [0.15, 0.2) is 16.6 Å². The molecule has 7 nitrogen and oxygen atoms in total. The van der Waals surface area contributed by atoms with Crippen LogP contribution in [0, 0.1) is 39.4 Å². The molecule has 0 aliphatic heterocycles. The molecule has 29 heavy (non-hydrogen) atoms. The molecule has 1 aliphatic carbocycles.